The quantitative estimate of drug-likeness (QED) is 0.792. The van der Waals surface area contributed by atoms with Gasteiger partial charge in [-0.2, -0.15) is 0 Å². The number of nitrogens with one attached hydrogen (secondary N) is 2. The molecule has 1 aliphatic rings. The van der Waals surface area contributed by atoms with Gasteiger partial charge in [-0.25, -0.2) is 4.98 Å². The van der Waals surface area contributed by atoms with Crippen molar-refractivity contribution < 1.29 is 0 Å². The van der Waals surface area contributed by atoms with Crippen molar-refractivity contribution in [2.45, 2.75) is 26.7 Å². The number of pyridine rings is 1. The van der Waals surface area contributed by atoms with E-state index in [1.54, 1.807) is 0 Å². The van der Waals surface area contributed by atoms with Gasteiger partial charge in [0.05, 0.1) is 0 Å². The molecule has 2 N–H and O–H groups in total. The van der Waals surface area contributed by atoms with E-state index in [4.69, 9.17) is 0 Å². The summed E-state index contributed by atoms with van der Waals surface area (Å²) in [6, 6.07) is 4.11. The Labute approximate surface area is 116 Å². The van der Waals surface area contributed by atoms with E-state index in [0.29, 0.717) is 5.92 Å². The second-order valence-electron chi connectivity index (χ2n) is 5.45. The highest BCUT2D eigenvalue weighted by Crippen LogP contribution is 2.14. The maximum atomic E-state index is 4.28. The molecule has 4 heteroatoms. The standard InChI is InChI=1S/C15H26N4/c1-3-16-15-10-14(6-7-17-15)18-11-13(2)12-19-8-4-5-9-19/h6-7,10,13H,3-5,8-9,11-12H2,1-2H3,(H2,16,17,18). The predicted octanol–water partition coefficient (Wildman–Crippen LogP) is 2.66. The molecule has 0 amide bonds. The molecule has 2 heterocycles. The Kier molecular flexibility index (Phi) is 5.45. The van der Waals surface area contributed by atoms with Gasteiger partial charge in [0.15, 0.2) is 0 Å². The van der Waals surface area contributed by atoms with Crippen molar-refractivity contribution in [1.29, 1.82) is 0 Å². The van der Waals surface area contributed by atoms with Crippen LogP contribution < -0.4 is 10.6 Å². The Morgan fingerprint density at radius 3 is 2.84 bits per heavy atom. The Hall–Kier alpha value is -1.29. The Morgan fingerprint density at radius 1 is 1.32 bits per heavy atom. The lowest BCUT2D eigenvalue weighted by Gasteiger charge is -2.21. The molecule has 1 unspecified atom stereocenters. The first kappa shape index (κ1) is 14.1. The SMILES string of the molecule is CCNc1cc(NCC(C)CN2CCCC2)ccn1. The van der Waals surface area contributed by atoms with Crippen LogP contribution in [0.15, 0.2) is 18.3 Å². The maximum Gasteiger partial charge on any atom is 0.127 e. The van der Waals surface area contributed by atoms with E-state index in [1.807, 2.05) is 12.3 Å². The van der Waals surface area contributed by atoms with Crippen LogP contribution in [0, 0.1) is 5.92 Å². The molecule has 19 heavy (non-hydrogen) atoms. The van der Waals surface area contributed by atoms with Crippen LogP contribution in [0.3, 0.4) is 0 Å². The van der Waals surface area contributed by atoms with Crippen molar-refractivity contribution in [3.63, 3.8) is 0 Å². The van der Waals surface area contributed by atoms with Gasteiger partial charge in [-0.05, 0) is 44.8 Å². The molecule has 0 spiro atoms. The molecule has 1 fully saturated rings. The van der Waals surface area contributed by atoms with Crippen LogP contribution in [0.1, 0.15) is 26.7 Å². The van der Waals surface area contributed by atoms with Crippen LogP contribution in [-0.2, 0) is 0 Å². The Balaban J connectivity index is 1.75. The molecule has 1 aromatic rings. The minimum Gasteiger partial charge on any atom is -0.385 e. The molecule has 2 rings (SSSR count). The fourth-order valence-corrected chi connectivity index (χ4v) is 2.58. The van der Waals surface area contributed by atoms with Crippen LogP contribution in [0.2, 0.25) is 0 Å². The van der Waals surface area contributed by atoms with E-state index >= 15 is 0 Å². The number of hydrogen-bond acceptors (Lipinski definition) is 4. The highest BCUT2D eigenvalue weighted by atomic mass is 15.1. The number of hydrogen-bond donors (Lipinski definition) is 2. The lowest BCUT2D eigenvalue weighted by atomic mass is 10.1. The molecule has 1 aliphatic heterocycles. The lowest BCUT2D eigenvalue weighted by molar-refractivity contribution is 0.294. The average Bonchev–Trinajstić information content (AvgIpc) is 2.90. The minimum absolute atomic E-state index is 0.675. The second kappa shape index (κ2) is 7.34. The number of rotatable bonds is 7. The first-order chi connectivity index (χ1) is 9.28. The van der Waals surface area contributed by atoms with Gasteiger partial charge < -0.3 is 15.5 Å². The van der Waals surface area contributed by atoms with Crippen LogP contribution in [0.4, 0.5) is 11.5 Å². The highest BCUT2D eigenvalue weighted by molar-refractivity contribution is 5.51. The van der Waals surface area contributed by atoms with Crippen molar-refractivity contribution in [2.75, 3.05) is 43.4 Å². The third kappa shape index (κ3) is 4.71. The fourth-order valence-electron chi connectivity index (χ4n) is 2.58. The summed E-state index contributed by atoms with van der Waals surface area (Å²) in [5.41, 5.74) is 1.15. The first-order valence-electron chi connectivity index (χ1n) is 7.44. The summed E-state index contributed by atoms with van der Waals surface area (Å²) in [6.45, 7) is 10.1. The van der Waals surface area contributed by atoms with Gasteiger partial charge in [0.2, 0.25) is 0 Å². The molecule has 0 aromatic carbocycles. The zero-order valence-corrected chi connectivity index (χ0v) is 12.2. The van der Waals surface area contributed by atoms with Gasteiger partial charge in [-0.3, -0.25) is 0 Å². The topological polar surface area (TPSA) is 40.2 Å². The smallest absolute Gasteiger partial charge is 0.127 e. The van der Waals surface area contributed by atoms with Crippen LogP contribution in [0.25, 0.3) is 0 Å². The van der Waals surface area contributed by atoms with E-state index < -0.39 is 0 Å². The van der Waals surface area contributed by atoms with E-state index in [-0.39, 0.29) is 0 Å². The van der Waals surface area contributed by atoms with Gasteiger partial charge in [-0.15, -0.1) is 0 Å². The van der Waals surface area contributed by atoms with Crippen LogP contribution >= 0.6 is 0 Å². The van der Waals surface area contributed by atoms with Crippen LogP contribution in [0.5, 0.6) is 0 Å². The Bertz CT molecular complexity index is 374. The number of likely N-dealkylation sites (tertiary alicyclic amines) is 1. The van der Waals surface area contributed by atoms with E-state index in [0.717, 1.165) is 24.6 Å². The number of anilines is 2. The first-order valence-corrected chi connectivity index (χ1v) is 7.44. The third-order valence-electron chi connectivity index (χ3n) is 3.54. The van der Waals surface area contributed by atoms with Gasteiger partial charge in [0, 0.05) is 37.6 Å². The molecule has 4 nitrogen and oxygen atoms in total. The molecule has 1 atom stereocenters. The Morgan fingerprint density at radius 2 is 2.11 bits per heavy atom. The van der Waals surface area contributed by atoms with Gasteiger partial charge >= 0.3 is 0 Å². The number of aromatic nitrogens is 1. The molecular weight excluding hydrogens is 236 g/mol. The van der Waals surface area contributed by atoms with E-state index in [1.165, 1.54) is 32.5 Å². The lowest BCUT2D eigenvalue weighted by Crippen LogP contribution is -2.28. The van der Waals surface area contributed by atoms with Gasteiger partial charge in [0.25, 0.3) is 0 Å². The predicted molar refractivity (Wildman–Crippen MR) is 81.7 cm³/mol. The van der Waals surface area contributed by atoms with Crippen molar-refractivity contribution >= 4 is 11.5 Å². The maximum absolute atomic E-state index is 4.28. The van der Waals surface area contributed by atoms with E-state index in [9.17, 15) is 0 Å². The van der Waals surface area contributed by atoms with Crippen molar-refractivity contribution in [3.05, 3.63) is 18.3 Å². The summed E-state index contributed by atoms with van der Waals surface area (Å²) in [5.74, 6) is 1.62. The van der Waals surface area contributed by atoms with Crippen molar-refractivity contribution in [1.82, 2.24) is 9.88 Å². The largest absolute Gasteiger partial charge is 0.385 e. The van der Waals surface area contributed by atoms with Gasteiger partial charge in [-0.1, -0.05) is 6.92 Å². The molecule has 0 bridgehead atoms. The molecule has 0 saturated carbocycles. The zero-order valence-electron chi connectivity index (χ0n) is 12.2. The molecule has 1 saturated heterocycles. The molecule has 106 valence electrons. The van der Waals surface area contributed by atoms with Crippen LogP contribution in [-0.4, -0.2) is 42.6 Å². The van der Waals surface area contributed by atoms with Crippen molar-refractivity contribution in [2.24, 2.45) is 5.92 Å². The fraction of sp³-hybridized carbons (Fsp3) is 0.667. The minimum atomic E-state index is 0.675. The van der Waals surface area contributed by atoms with Gasteiger partial charge in [0.1, 0.15) is 5.82 Å². The summed E-state index contributed by atoms with van der Waals surface area (Å²) in [6.07, 6.45) is 4.60. The summed E-state index contributed by atoms with van der Waals surface area (Å²) in [5, 5.41) is 6.75. The van der Waals surface area contributed by atoms with E-state index in [2.05, 4.69) is 40.4 Å². The monoisotopic (exact) mass is 262 g/mol. The average molecular weight is 262 g/mol. The summed E-state index contributed by atoms with van der Waals surface area (Å²) in [4.78, 5) is 6.85. The summed E-state index contributed by atoms with van der Waals surface area (Å²) in [7, 11) is 0. The zero-order chi connectivity index (χ0) is 13.5. The molecule has 1 aromatic heterocycles. The molecule has 0 radical (unpaired) electrons. The molecule has 0 aliphatic carbocycles. The summed E-state index contributed by atoms with van der Waals surface area (Å²) < 4.78 is 0. The summed E-state index contributed by atoms with van der Waals surface area (Å²) >= 11 is 0. The van der Waals surface area contributed by atoms with Crippen molar-refractivity contribution in [3.8, 4) is 0 Å². The third-order valence-corrected chi connectivity index (χ3v) is 3.54. The molecular formula is C15H26N4. The number of nitrogens with zero attached hydrogens (tertiary/aromatic N) is 2. The normalized spacial score (nSPS) is 17.4. The highest BCUT2D eigenvalue weighted by Gasteiger charge is 2.14. The second-order valence-corrected chi connectivity index (χ2v) is 5.45.